The van der Waals surface area contributed by atoms with Crippen LogP contribution in [0, 0.1) is 23.7 Å². The van der Waals surface area contributed by atoms with Gasteiger partial charge in [-0.2, -0.15) is 0 Å². The van der Waals surface area contributed by atoms with E-state index in [-0.39, 0.29) is 20.4 Å². The van der Waals surface area contributed by atoms with Gasteiger partial charge in [0, 0.05) is 20.4 Å². The fourth-order valence-electron chi connectivity index (χ4n) is 5.17. The second-order valence-electron chi connectivity index (χ2n) is 6.73. The maximum atomic E-state index is 1.64. The minimum atomic E-state index is 0. The van der Waals surface area contributed by atoms with Gasteiger partial charge in [-0.25, -0.2) is 0 Å². The van der Waals surface area contributed by atoms with Crippen molar-refractivity contribution in [2.45, 2.75) is 62.7 Å². The van der Waals surface area contributed by atoms with Crippen LogP contribution in [0.25, 0.3) is 0 Å². The van der Waals surface area contributed by atoms with Crippen LogP contribution in [0.3, 0.4) is 0 Å². The number of hydrogen-bond donors (Lipinski definition) is 0. The van der Waals surface area contributed by atoms with E-state index >= 15 is 0 Å². The molecule has 0 aromatic carbocycles. The van der Waals surface area contributed by atoms with Crippen LogP contribution in [0.4, 0.5) is 0 Å². The largest absolute Gasteiger partial charge is 0.115 e. The second-order valence-corrected chi connectivity index (χ2v) is 8.55. The van der Waals surface area contributed by atoms with Crippen LogP contribution in [0.15, 0.2) is 0 Å². The summed E-state index contributed by atoms with van der Waals surface area (Å²) in [5, 5.41) is 0. The van der Waals surface area contributed by atoms with Gasteiger partial charge in [-0.05, 0) is 73.5 Å². The molecule has 0 heterocycles. The molecule has 6 unspecified atom stereocenters. The molecule has 4 rings (SSSR count). The van der Waals surface area contributed by atoms with Gasteiger partial charge in [-0.15, -0.1) is 8.58 Å². The Hall–Kier alpha value is 1.09. The summed E-state index contributed by atoms with van der Waals surface area (Å²) in [7, 11) is 1.37. The third-order valence-electron chi connectivity index (χ3n) is 5.90. The van der Waals surface area contributed by atoms with Crippen LogP contribution in [0.1, 0.15) is 51.4 Å². The Morgan fingerprint density at radius 1 is 0.625 bits per heavy atom. The molecule has 4 aliphatic rings. The van der Waals surface area contributed by atoms with Gasteiger partial charge in [0.05, 0.1) is 0 Å². The van der Waals surface area contributed by atoms with Crippen LogP contribution >= 0.6 is 8.58 Å². The Labute approximate surface area is 115 Å². The van der Waals surface area contributed by atoms with Crippen molar-refractivity contribution in [1.29, 1.82) is 0 Å². The third-order valence-corrected chi connectivity index (χ3v) is 8.17. The van der Waals surface area contributed by atoms with Crippen molar-refractivity contribution < 1.29 is 20.4 Å². The van der Waals surface area contributed by atoms with Crippen LogP contribution in [-0.2, 0) is 20.4 Å². The van der Waals surface area contributed by atoms with Crippen molar-refractivity contribution in [3.8, 4) is 0 Å². The fraction of sp³-hybridized carbons (Fsp3) is 1.00. The first-order valence-electron chi connectivity index (χ1n) is 7.14. The zero-order valence-electron chi connectivity index (χ0n) is 9.94. The van der Waals surface area contributed by atoms with E-state index in [1.807, 2.05) is 0 Å². The summed E-state index contributed by atoms with van der Waals surface area (Å²) in [5.74, 6) is 4.72. The van der Waals surface area contributed by atoms with Gasteiger partial charge in [0.1, 0.15) is 0 Å². The minimum absolute atomic E-state index is 0. The molecule has 0 aromatic heterocycles. The standard InChI is InChI=1S/C14H23P.Pd/c1-3-11-5-9(1)7-13(11)15-14-8-10-2-4-12(14)6-10;/h9-15H,1-8H2;. The summed E-state index contributed by atoms with van der Waals surface area (Å²) in [4.78, 5) is 0. The molecule has 0 N–H and O–H groups in total. The molecule has 0 spiro atoms. The Kier molecular flexibility index (Phi) is 3.52. The molecule has 0 radical (unpaired) electrons. The van der Waals surface area contributed by atoms with E-state index in [9.17, 15) is 0 Å². The van der Waals surface area contributed by atoms with Crippen molar-refractivity contribution in [2.24, 2.45) is 23.7 Å². The molecule has 0 amide bonds. The minimum Gasteiger partial charge on any atom is -0.115 e. The molecule has 94 valence electrons. The van der Waals surface area contributed by atoms with E-state index in [1.54, 1.807) is 51.4 Å². The van der Waals surface area contributed by atoms with E-state index < -0.39 is 0 Å². The summed E-state index contributed by atoms with van der Waals surface area (Å²) in [5.41, 5.74) is 2.40. The normalized spacial score (nSPS) is 54.0. The molecule has 0 aliphatic heterocycles. The average Bonchev–Trinajstić information content (AvgIpc) is 2.96. The summed E-state index contributed by atoms with van der Waals surface area (Å²) < 4.78 is 0. The first-order valence-corrected chi connectivity index (χ1v) is 8.30. The Morgan fingerprint density at radius 2 is 1.12 bits per heavy atom. The Balaban J connectivity index is 0.000000810. The monoisotopic (exact) mass is 328 g/mol. The first-order chi connectivity index (χ1) is 7.38. The van der Waals surface area contributed by atoms with Crippen molar-refractivity contribution in [2.75, 3.05) is 0 Å². The zero-order valence-corrected chi connectivity index (χ0v) is 12.5. The molecule has 4 aliphatic carbocycles. The van der Waals surface area contributed by atoms with Crippen molar-refractivity contribution in [3.63, 3.8) is 0 Å². The summed E-state index contributed by atoms with van der Waals surface area (Å²) >= 11 is 0. The molecule has 4 fully saturated rings. The van der Waals surface area contributed by atoms with E-state index in [1.165, 1.54) is 43.6 Å². The molecule has 0 aromatic rings. The average molecular weight is 329 g/mol. The van der Waals surface area contributed by atoms with Gasteiger partial charge in [0.25, 0.3) is 0 Å². The molecule has 16 heavy (non-hydrogen) atoms. The fourth-order valence-corrected chi connectivity index (χ4v) is 7.81. The Morgan fingerprint density at radius 3 is 1.44 bits per heavy atom. The van der Waals surface area contributed by atoms with Crippen molar-refractivity contribution in [3.05, 3.63) is 0 Å². The molecular weight excluding hydrogens is 306 g/mol. The SMILES string of the molecule is C1CC2CC1CC2PC1CC2CCC1C2.[Pd]. The predicted molar refractivity (Wildman–Crippen MR) is 66.8 cm³/mol. The van der Waals surface area contributed by atoms with Crippen molar-refractivity contribution in [1.82, 2.24) is 0 Å². The van der Waals surface area contributed by atoms with E-state index in [2.05, 4.69) is 0 Å². The molecule has 4 bridgehead atoms. The van der Waals surface area contributed by atoms with Gasteiger partial charge in [-0.3, -0.25) is 0 Å². The molecule has 6 atom stereocenters. The van der Waals surface area contributed by atoms with Gasteiger partial charge in [-0.1, -0.05) is 12.8 Å². The van der Waals surface area contributed by atoms with Crippen LogP contribution in [0.2, 0.25) is 0 Å². The molecule has 0 saturated heterocycles. The maximum absolute atomic E-state index is 1.64. The van der Waals surface area contributed by atoms with E-state index in [0.29, 0.717) is 0 Å². The van der Waals surface area contributed by atoms with Crippen LogP contribution in [-0.4, -0.2) is 11.3 Å². The maximum Gasteiger partial charge on any atom is 0 e. The molecule has 2 heteroatoms. The van der Waals surface area contributed by atoms with E-state index in [0.717, 1.165) is 0 Å². The summed E-state index contributed by atoms with van der Waals surface area (Å²) in [6.45, 7) is 0. The Bertz CT molecular complexity index is 241. The van der Waals surface area contributed by atoms with Crippen molar-refractivity contribution >= 4 is 8.58 Å². The molecule has 4 saturated carbocycles. The van der Waals surface area contributed by atoms with E-state index in [4.69, 9.17) is 0 Å². The first kappa shape index (κ1) is 12.1. The van der Waals surface area contributed by atoms with Crippen LogP contribution < -0.4 is 0 Å². The number of fused-ring (bicyclic) bond motifs is 4. The second kappa shape index (κ2) is 4.64. The van der Waals surface area contributed by atoms with Crippen LogP contribution in [0.5, 0.6) is 0 Å². The van der Waals surface area contributed by atoms with Gasteiger partial charge < -0.3 is 0 Å². The molecular formula is C14H23PPd. The smallest absolute Gasteiger partial charge is 0 e. The summed E-state index contributed by atoms with van der Waals surface area (Å²) in [6.07, 6.45) is 12.9. The quantitative estimate of drug-likeness (QED) is 0.530. The third kappa shape index (κ3) is 1.96. The predicted octanol–water partition coefficient (Wildman–Crippen LogP) is 4.04. The van der Waals surface area contributed by atoms with Gasteiger partial charge in [0.15, 0.2) is 0 Å². The summed E-state index contributed by atoms with van der Waals surface area (Å²) in [6, 6.07) is 0. The molecule has 0 nitrogen and oxygen atoms in total. The number of hydrogen-bond acceptors (Lipinski definition) is 0. The topological polar surface area (TPSA) is 0 Å². The van der Waals surface area contributed by atoms with Gasteiger partial charge >= 0.3 is 0 Å². The zero-order chi connectivity index (χ0) is 9.83. The number of rotatable bonds is 2. The van der Waals surface area contributed by atoms with Gasteiger partial charge in [0.2, 0.25) is 0 Å².